The Labute approximate surface area is 85.7 Å². The lowest BCUT2D eigenvalue weighted by Crippen LogP contribution is -2.37. The molecule has 1 saturated carbocycles. The number of hydrogen-bond acceptors (Lipinski definition) is 3. The zero-order valence-corrected chi connectivity index (χ0v) is 8.89. The van der Waals surface area contributed by atoms with Crippen LogP contribution in [0.25, 0.3) is 0 Å². The number of β-amino-alcohol motifs (C(OH)–C–C–N with tert-alkyl or cyclic N) is 2. The highest BCUT2D eigenvalue weighted by atomic mass is 16.3. The summed E-state index contributed by atoms with van der Waals surface area (Å²) in [5.74, 6) is 0.865. The van der Waals surface area contributed by atoms with Gasteiger partial charge in [0.2, 0.25) is 0 Å². The van der Waals surface area contributed by atoms with E-state index in [-0.39, 0.29) is 0 Å². The van der Waals surface area contributed by atoms with Crippen molar-refractivity contribution in [2.24, 2.45) is 5.92 Å². The van der Waals surface area contributed by atoms with Crippen LogP contribution in [0.1, 0.15) is 32.6 Å². The minimum Gasteiger partial charge on any atom is -0.389 e. The molecule has 0 aromatic heterocycles. The third-order valence-electron chi connectivity index (χ3n) is 3.79. The van der Waals surface area contributed by atoms with Crippen molar-refractivity contribution in [3.63, 3.8) is 0 Å². The third-order valence-corrected chi connectivity index (χ3v) is 3.79. The van der Waals surface area contributed by atoms with Crippen molar-refractivity contribution in [2.75, 3.05) is 13.1 Å². The number of nitrogens with zero attached hydrogens (tertiary/aromatic N) is 1. The summed E-state index contributed by atoms with van der Waals surface area (Å²) in [6, 6.07) is 0.609. The number of rotatable bonds is 1. The fourth-order valence-corrected chi connectivity index (χ4v) is 2.70. The van der Waals surface area contributed by atoms with Crippen molar-refractivity contribution < 1.29 is 10.2 Å². The van der Waals surface area contributed by atoms with Crippen molar-refractivity contribution in [1.29, 1.82) is 0 Å². The molecule has 2 fully saturated rings. The summed E-state index contributed by atoms with van der Waals surface area (Å²) in [7, 11) is 0. The summed E-state index contributed by atoms with van der Waals surface area (Å²) in [5, 5.41) is 18.9. The second-order valence-electron chi connectivity index (χ2n) is 5.00. The SMILES string of the molecule is CC1CCC(N2C[C@@H](O)[C@@H](O)C2)CC1. The number of likely N-dealkylation sites (tertiary alicyclic amines) is 1. The predicted octanol–water partition coefficient (Wildman–Crippen LogP) is 0.602. The molecular formula is C11H21NO2. The highest BCUT2D eigenvalue weighted by Gasteiger charge is 2.34. The van der Waals surface area contributed by atoms with Gasteiger partial charge in [0.25, 0.3) is 0 Å². The monoisotopic (exact) mass is 199 g/mol. The maximum Gasteiger partial charge on any atom is 0.0938 e. The first-order valence-corrected chi connectivity index (χ1v) is 5.77. The van der Waals surface area contributed by atoms with Crippen LogP contribution >= 0.6 is 0 Å². The Hall–Kier alpha value is -0.120. The van der Waals surface area contributed by atoms with Crippen LogP contribution in [0.5, 0.6) is 0 Å². The molecular weight excluding hydrogens is 178 g/mol. The standard InChI is InChI=1S/C11H21NO2/c1-8-2-4-9(5-3-8)12-6-10(13)11(14)7-12/h8-11,13-14H,2-7H2,1H3/t8?,9?,10-,11+. The van der Waals surface area contributed by atoms with Crippen molar-refractivity contribution in [1.82, 2.24) is 4.90 Å². The average molecular weight is 199 g/mol. The first-order valence-electron chi connectivity index (χ1n) is 5.77. The lowest BCUT2D eigenvalue weighted by molar-refractivity contribution is 0.0572. The van der Waals surface area contributed by atoms with Gasteiger partial charge in [0, 0.05) is 19.1 Å². The van der Waals surface area contributed by atoms with E-state index in [1.807, 2.05) is 0 Å². The van der Waals surface area contributed by atoms with Crippen LogP contribution in [0.2, 0.25) is 0 Å². The van der Waals surface area contributed by atoms with Gasteiger partial charge in [-0.15, -0.1) is 0 Å². The summed E-state index contributed by atoms with van der Waals surface area (Å²) in [6.45, 7) is 3.64. The predicted molar refractivity (Wildman–Crippen MR) is 55.0 cm³/mol. The van der Waals surface area contributed by atoms with Crippen molar-refractivity contribution in [3.8, 4) is 0 Å². The fraction of sp³-hybridized carbons (Fsp3) is 1.00. The van der Waals surface area contributed by atoms with Crippen LogP contribution in [-0.2, 0) is 0 Å². The van der Waals surface area contributed by atoms with Gasteiger partial charge in [0.1, 0.15) is 0 Å². The van der Waals surface area contributed by atoms with E-state index in [1.54, 1.807) is 0 Å². The Balaban J connectivity index is 1.85. The van der Waals surface area contributed by atoms with Crippen molar-refractivity contribution >= 4 is 0 Å². The lowest BCUT2D eigenvalue weighted by atomic mass is 9.87. The quantitative estimate of drug-likeness (QED) is 0.650. The second-order valence-corrected chi connectivity index (χ2v) is 5.00. The van der Waals surface area contributed by atoms with Gasteiger partial charge in [0.15, 0.2) is 0 Å². The molecule has 0 radical (unpaired) electrons. The van der Waals surface area contributed by atoms with E-state index in [4.69, 9.17) is 0 Å². The van der Waals surface area contributed by atoms with Crippen LogP contribution < -0.4 is 0 Å². The van der Waals surface area contributed by atoms with Gasteiger partial charge in [-0.1, -0.05) is 6.92 Å². The van der Waals surface area contributed by atoms with E-state index in [2.05, 4.69) is 11.8 Å². The van der Waals surface area contributed by atoms with Gasteiger partial charge >= 0.3 is 0 Å². The molecule has 0 aromatic carbocycles. The Kier molecular flexibility index (Phi) is 3.10. The summed E-state index contributed by atoms with van der Waals surface area (Å²) < 4.78 is 0. The van der Waals surface area contributed by atoms with Crippen LogP contribution in [0.15, 0.2) is 0 Å². The molecule has 14 heavy (non-hydrogen) atoms. The minimum absolute atomic E-state index is 0.519. The summed E-state index contributed by atoms with van der Waals surface area (Å²) in [6.07, 6.45) is 4.03. The molecule has 1 aliphatic carbocycles. The Morgan fingerprint density at radius 3 is 1.93 bits per heavy atom. The van der Waals surface area contributed by atoms with Crippen molar-refractivity contribution in [2.45, 2.75) is 50.9 Å². The van der Waals surface area contributed by atoms with E-state index in [1.165, 1.54) is 25.7 Å². The first kappa shape index (κ1) is 10.4. The Morgan fingerprint density at radius 2 is 1.43 bits per heavy atom. The van der Waals surface area contributed by atoms with Gasteiger partial charge in [-0.05, 0) is 31.6 Å². The van der Waals surface area contributed by atoms with Gasteiger partial charge in [-0.2, -0.15) is 0 Å². The smallest absolute Gasteiger partial charge is 0.0938 e. The van der Waals surface area contributed by atoms with E-state index in [0.717, 1.165) is 5.92 Å². The van der Waals surface area contributed by atoms with Crippen molar-refractivity contribution in [3.05, 3.63) is 0 Å². The molecule has 1 saturated heterocycles. The van der Waals surface area contributed by atoms with Gasteiger partial charge in [-0.3, -0.25) is 4.90 Å². The molecule has 0 unspecified atom stereocenters. The van der Waals surface area contributed by atoms with Crippen LogP contribution in [0.3, 0.4) is 0 Å². The van der Waals surface area contributed by atoms with Gasteiger partial charge in [0.05, 0.1) is 12.2 Å². The molecule has 2 N–H and O–H groups in total. The summed E-state index contributed by atoms with van der Waals surface area (Å²) in [5.41, 5.74) is 0. The Bertz CT molecular complexity index is 180. The van der Waals surface area contributed by atoms with E-state index in [9.17, 15) is 10.2 Å². The normalized spacial score (nSPS) is 45.6. The molecule has 0 bridgehead atoms. The largest absolute Gasteiger partial charge is 0.389 e. The number of aliphatic hydroxyl groups is 2. The Morgan fingerprint density at radius 1 is 0.929 bits per heavy atom. The van der Waals surface area contributed by atoms with Crippen LogP contribution in [0, 0.1) is 5.92 Å². The lowest BCUT2D eigenvalue weighted by Gasteiger charge is -2.33. The molecule has 2 rings (SSSR count). The molecule has 2 aliphatic rings. The highest BCUT2D eigenvalue weighted by molar-refractivity contribution is 4.89. The second kappa shape index (κ2) is 4.17. The topological polar surface area (TPSA) is 43.7 Å². The van der Waals surface area contributed by atoms with E-state index >= 15 is 0 Å². The summed E-state index contributed by atoms with van der Waals surface area (Å²) >= 11 is 0. The van der Waals surface area contributed by atoms with E-state index in [0.29, 0.717) is 19.1 Å². The molecule has 2 atom stereocenters. The molecule has 1 heterocycles. The molecule has 0 spiro atoms. The van der Waals surface area contributed by atoms with E-state index < -0.39 is 12.2 Å². The maximum atomic E-state index is 9.46. The number of hydrogen-bond donors (Lipinski definition) is 2. The average Bonchev–Trinajstić information content (AvgIpc) is 2.48. The molecule has 82 valence electrons. The fourth-order valence-electron chi connectivity index (χ4n) is 2.70. The highest BCUT2D eigenvalue weighted by Crippen LogP contribution is 2.29. The zero-order chi connectivity index (χ0) is 10.1. The molecule has 3 nitrogen and oxygen atoms in total. The molecule has 0 aromatic rings. The zero-order valence-electron chi connectivity index (χ0n) is 8.89. The molecule has 0 amide bonds. The summed E-state index contributed by atoms with van der Waals surface area (Å²) in [4.78, 5) is 2.27. The van der Waals surface area contributed by atoms with Crippen LogP contribution in [0.4, 0.5) is 0 Å². The van der Waals surface area contributed by atoms with Gasteiger partial charge in [-0.25, -0.2) is 0 Å². The van der Waals surface area contributed by atoms with Crippen LogP contribution in [-0.4, -0.2) is 46.5 Å². The minimum atomic E-state index is -0.519. The van der Waals surface area contributed by atoms with Gasteiger partial charge < -0.3 is 10.2 Å². The molecule has 1 aliphatic heterocycles. The third kappa shape index (κ3) is 2.10. The first-order chi connectivity index (χ1) is 6.66. The maximum absolute atomic E-state index is 9.46. The molecule has 3 heteroatoms. The number of aliphatic hydroxyl groups excluding tert-OH is 2.